The van der Waals surface area contributed by atoms with Crippen LogP contribution >= 0.6 is 0 Å². The number of hydrogen-bond acceptors (Lipinski definition) is 2. The molecule has 164 valence electrons. The summed E-state index contributed by atoms with van der Waals surface area (Å²) >= 11 is 0. The molecule has 1 aliphatic rings. The van der Waals surface area contributed by atoms with Crippen molar-refractivity contribution in [3.63, 3.8) is 0 Å². The number of fused-ring (bicyclic) bond motifs is 1. The molecule has 2 heterocycles. The first-order valence-electron chi connectivity index (χ1n) is 9.48. The molecular weight excluding hydrogens is 412 g/mol. The average molecular weight is 433 g/mol. The lowest BCUT2D eigenvalue weighted by Crippen LogP contribution is -2.27. The summed E-state index contributed by atoms with van der Waals surface area (Å²) in [5.41, 5.74) is -2.48. The van der Waals surface area contributed by atoms with Crippen molar-refractivity contribution < 1.29 is 31.1 Å². The van der Waals surface area contributed by atoms with E-state index in [1.165, 1.54) is 6.20 Å². The molecule has 1 atom stereocenters. The van der Waals surface area contributed by atoms with E-state index < -0.39 is 29.4 Å². The zero-order valence-corrected chi connectivity index (χ0v) is 16.4. The summed E-state index contributed by atoms with van der Waals surface area (Å²) in [6.45, 7) is 4.49. The Morgan fingerprint density at radius 3 is 2.27 bits per heavy atom. The fraction of sp³-hybridized carbons (Fsp3) is 0.500. The highest BCUT2D eigenvalue weighted by molar-refractivity contribution is 5.92. The lowest BCUT2D eigenvalue weighted by atomic mass is 9.89. The number of hydrogen-bond donors (Lipinski definition) is 1. The van der Waals surface area contributed by atoms with E-state index in [9.17, 15) is 31.1 Å². The van der Waals surface area contributed by atoms with E-state index in [2.05, 4.69) is 10.3 Å². The van der Waals surface area contributed by atoms with Crippen molar-refractivity contribution in [3.8, 4) is 0 Å². The Labute approximate surface area is 169 Å². The van der Waals surface area contributed by atoms with E-state index in [0.717, 1.165) is 12.1 Å². The second-order valence-electron chi connectivity index (χ2n) is 7.87. The molecular formula is C20H21F6N3O. The van der Waals surface area contributed by atoms with Gasteiger partial charge < -0.3 is 9.88 Å². The molecule has 0 radical (unpaired) electrons. The van der Waals surface area contributed by atoms with Gasteiger partial charge in [-0.05, 0) is 36.1 Å². The number of halogens is 6. The average Bonchev–Trinajstić information content (AvgIpc) is 3.07. The summed E-state index contributed by atoms with van der Waals surface area (Å²) in [6.07, 6.45) is -7.59. The van der Waals surface area contributed by atoms with Crippen molar-refractivity contribution in [2.24, 2.45) is 5.92 Å². The van der Waals surface area contributed by atoms with E-state index in [0.29, 0.717) is 25.2 Å². The molecule has 0 unspecified atom stereocenters. The van der Waals surface area contributed by atoms with Gasteiger partial charge in [-0.3, -0.25) is 4.79 Å². The number of carbonyl (C=O) groups excluding carboxylic acids is 1. The first-order valence-corrected chi connectivity index (χ1v) is 9.48. The van der Waals surface area contributed by atoms with Crippen LogP contribution in [-0.2, 0) is 25.3 Å². The zero-order valence-electron chi connectivity index (χ0n) is 16.4. The van der Waals surface area contributed by atoms with Gasteiger partial charge >= 0.3 is 12.4 Å². The predicted molar refractivity (Wildman–Crippen MR) is 96.9 cm³/mol. The van der Waals surface area contributed by atoms with E-state index in [4.69, 9.17) is 0 Å². The first-order chi connectivity index (χ1) is 13.8. The molecule has 1 aromatic carbocycles. The molecule has 1 N–H and O–H groups in total. The normalized spacial score (nSPS) is 17.2. The molecule has 0 aliphatic carbocycles. The van der Waals surface area contributed by atoms with Crippen LogP contribution in [0.5, 0.6) is 0 Å². The van der Waals surface area contributed by atoms with Crippen molar-refractivity contribution in [2.75, 3.05) is 6.54 Å². The molecule has 1 aromatic heterocycles. The Balaban J connectivity index is 1.87. The topological polar surface area (TPSA) is 46.9 Å². The van der Waals surface area contributed by atoms with E-state index in [1.807, 2.05) is 13.8 Å². The third-order valence-corrected chi connectivity index (χ3v) is 4.98. The third-order valence-electron chi connectivity index (χ3n) is 4.98. The molecule has 0 fully saturated rings. The van der Waals surface area contributed by atoms with Gasteiger partial charge in [0.25, 0.3) is 5.91 Å². The number of amides is 1. The van der Waals surface area contributed by atoms with Crippen LogP contribution in [-0.4, -0.2) is 22.0 Å². The Kier molecular flexibility index (Phi) is 5.88. The lowest BCUT2D eigenvalue weighted by Gasteiger charge is -2.25. The molecule has 0 saturated carbocycles. The molecule has 1 aliphatic heterocycles. The van der Waals surface area contributed by atoms with Gasteiger partial charge in [-0.2, -0.15) is 26.3 Å². The summed E-state index contributed by atoms with van der Waals surface area (Å²) < 4.78 is 80.5. The lowest BCUT2D eigenvalue weighted by molar-refractivity contribution is -0.143. The predicted octanol–water partition coefficient (Wildman–Crippen LogP) is 5.04. The van der Waals surface area contributed by atoms with Crippen LogP contribution in [0.25, 0.3) is 0 Å². The first kappa shape index (κ1) is 22.2. The molecule has 4 nitrogen and oxygen atoms in total. The number of nitrogens with zero attached hydrogens (tertiary/aromatic N) is 2. The highest BCUT2D eigenvalue weighted by atomic mass is 19.4. The van der Waals surface area contributed by atoms with Crippen LogP contribution in [0.2, 0.25) is 0 Å². The maximum Gasteiger partial charge on any atom is 0.416 e. The summed E-state index contributed by atoms with van der Waals surface area (Å²) in [4.78, 5) is 16.5. The van der Waals surface area contributed by atoms with Crippen LogP contribution in [0.15, 0.2) is 24.4 Å². The molecule has 0 saturated heterocycles. The van der Waals surface area contributed by atoms with Crippen LogP contribution in [0.1, 0.15) is 59.2 Å². The largest absolute Gasteiger partial charge is 0.416 e. The fourth-order valence-electron chi connectivity index (χ4n) is 3.43. The number of nitrogens with one attached hydrogen (secondary N) is 1. The van der Waals surface area contributed by atoms with E-state index in [-0.39, 0.29) is 35.7 Å². The number of benzene rings is 1. The molecule has 10 heteroatoms. The van der Waals surface area contributed by atoms with Crippen LogP contribution in [0.3, 0.4) is 0 Å². The number of alkyl halides is 6. The van der Waals surface area contributed by atoms with Gasteiger partial charge in [-0.25, -0.2) is 4.98 Å². The van der Waals surface area contributed by atoms with Gasteiger partial charge in [0.1, 0.15) is 11.5 Å². The number of rotatable bonds is 4. The summed E-state index contributed by atoms with van der Waals surface area (Å²) in [5, 5.41) is 2.73. The standard InChI is InChI=1S/C20H21F6N3O/c1-11(2)8-27-18(30)16-10-29-9-12(3-4-17(29)28-16)13-5-14(19(21,22)23)7-15(6-13)20(24,25)26/h5-7,10-12H,3-4,8-9H2,1-2H3,(H,27,30)/t12-/m0/s1. The summed E-state index contributed by atoms with van der Waals surface area (Å²) in [6, 6.07) is 1.68. The number of imidazole rings is 1. The smallest absolute Gasteiger partial charge is 0.350 e. The van der Waals surface area contributed by atoms with Crippen molar-refractivity contribution in [3.05, 3.63) is 52.6 Å². The van der Waals surface area contributed by atoms with Gasteiger partial charge in [0.05, 0.1) is 11.1 Å². The van der Waals surface area contributed by atoms with Gasteiger partial charge in [0.2, 0.25) is 0 Å². The summed E-state index contributed by atoms with van der Waals surface area (Å²) in [7, 11) is 0. The maximum atomic E-state index is 13.1. The Hall–Kier alpha value is -2.52. The van der Waals surface area contributed by atoms with Gasteiger partial charge in [0.15, 0.2) is 0 Å². The SMILES string of the molecule is CC(C)CNC(=O)c1cn2c(n1)CC[C@H](c1cc(C(F)(F)F)cc(C(F)(F)F)c1)C2. The Morgan fingerprint density at radius 2 is 1.73 bits per heavy atom. The maximum absolute atomic E-state index is 13.1. The van der Waals surface area contributed by atoms with Crippen LogP contribution in [0, 0.1) is 5.92 Å². The number of aryl methyl sites for hydroxylation is 1. The monoisotopic (exact) mass is 433 g/mol. The second-order valence-corrected chi connectivity index (χ2v) is 7.87. The molecule has 3 rings (SSSR count). The fourth-order valence-corrected chi connectivity index (χ4v) is 3.43. The minimum absolute atomic E-state index is 0.0256. The summed E-state index contributed by atoms with van der Waals surface area (Å²) in [5.74, 6) is -0.0782. The minimum atomic E-state index is -4.88. The molecule has 30 heavy (non-hydrogen) atoms. The number of carbonyl (C=O) groups is 1. The van der Waals surface area contributed by atoms with Crippen molar-refractivity contribution in [2.45, 2.75) is 51.5 Å². The third kappa shape index (κ3) is 4.96. The highest BCUT2D eigenvalue weighted by Gasteiger charge is 2.38. The van der Waals surface area contributed by atoms with Gasteiger partial charge in [-0.1, -0.05) is 13.8 Å². The zero-order chi connectivity index (χ0) is 22.3. The van der Waals surface area contributed by atoms with Crippen molar-refractivity contribution >= 4 is 5.91 Å². The molecule has 1 amide bonds. The van der Waals surface area contributed by atoms with Crippen LogP contribution < -0.4 is 5.32 Å². The molecule has 0 spiro atoms. The van der Waals surface area contributed by atoms with E-state index in [1.54, 1.807) is 4.57 Å². The highest BCUT2D eigenvalue weighted by Crippen LogP contribution is 2.39. The van der Waals surface area contributed by atoms with Crippen molar-refractivity contribution in [1.82, 2.24) is 14.9 Å². The second kappa shape index (κ2) is 7.96. The van der Waals surface area contributed by atoms with E-state index >= 15 is 0 Å². The Morgan fingerprint density at radius 1 is 1.13 bits per heavy atom. The van der Waals surface area contributed by atoms with Crippen LogP contribution in [0.4, 0.5) is 26.3 Å². The van der Waals surface area contributed by atoms with Gasteiger partial charge in [0, 0.05) is 31.6 Å². The quantitative estimate of drug-likeness (QED) is 0.687. The van der Waals surface area contributed by atoms with Crippen molar-refractivity contribution in [1.29, 1.82) is 0 Å². The minimum Gasteiger partial charge on any atom is -0.350 e. The number of aromatic nitrogens is 2. The molecule has 0 bridgehead atoms. The Bertz CT molecular complexity index is 897. The van der Waals surface area contributed by atoms with Gasteiger partial charge in [-0.15, -0.1) is 0 Å². The molecule has 2 aromatic rings.